The summed E-state index contributed by atoms with van der Waals surface area (Å²) in [6, 6.07) is 0. The summed E-state index contributed by atoms with van der Waals surface area (Å²) in [4.78, 5) is 4.25. The molecule has 8 heteroatoms. The maximum atomic E-state index is 8.61. The molecule has 0 fully saturated rings. The van der Waals surface area contributed by atoms with Crippen molar-refractivity contribution in [2.45, 2.75) is 0 Å². The summed E-state index contributed by atoms with van der Waals surface area (Å²) in [7, 11) is 18.8. The van der Waals surface area contributed by atoms with Gasteiger partial charge in [-0.15, -0.1) is 0 Å². The van der Waals surface area contributed by atoms with Crippen LogP contribution in [0.4, 0.5) is 0 Å². The van der Waals surface area contributed by atoms with Crippen LogP contribution in [-0.2, 0) is 18.7 Å². The van der Waals surface area contributed by atoms with Crippen LogP contribution >= 0.6 is 0 Å². The van der Waals surface area contributed by atoms with Crippen LogP contribution in [-0.4, -0.2) is 63.4 Å². The van der Waals surface area contributed by atoms with E-state index in [2.05, 4.69) is 63.4 Å². The molecule has 3 N–H and O–H groups in total. The molecule has 0 radical (unpaired) electrons. The van der Waals surface area contributed by atoms with Crippen LogP contribution in [0.3, 0.4) is 0 Å². The summed E-state index contributed by atoms with van der Waals surface area (Å²) in [6.45, 7) is 0. The minimum absolute atomic E-state index is 1.42. The van der Waals surface area contributed by atoms with Gasteiger partial charge in [-0.2, -0.15) is 0 Å². The van der Waals surface area contributed by atoms with Crippen molar-refractivity contribution < 1.29 is 45.5 Å². The number of quaternary nitrogens is 3. The third kappa shape index (κ3) is 155000. The standard InChI is InChI=1S/3C3H9N.4O.V/c3*1-4(2)3;;;;;/h3*1-3H3;;;;;/q;;;;3*-1;/p+3. The van der Waals surface area contributed by atoms with Gasteiger partial charge in [-0.05, 0) is 0 Å². The van der Waals surface area contributed by atoms with Crippen LogP contribution in [0, 0.1) is 0 Å². The number of hydrogen-bond donors (Lipinski definition) is 3. The zero-order valence-corrected chi connectivity index (χ0v) is 14.0. The zero-order chi connectivity index (χ0) is 15.2. The van der Waals surface area contributed by atoms with Gasteiger partial charge >= 0.3 is 30.8 Å². The Balaban J connectivity index is -0.0000000667. The molecule has 0 bridgehead atoms. The molecule has 0 aromatic rings. The van der Waals surface area contributed by atoms with Gasteiger partial charge in [-0.1, -0.05) is 0 Å². The Labute approximate surface area is 109 Å². The molecule has 0 aliphatic rings. The van der Waals surface area contributed by atoms with Crippen molar-refractivity contribution >= 4 is 0 Å². The van der Waals surface area contributed by atoms with Crippen molar-refractivity contribution in [2.24, 2.45) is 0 Å². The Morgan fingerprint density at radius 2 is 0.588 bits per heavy atom. The molecule has 0 aromatic heterocycles. The van der Waals surface area contributed by atoms with E-state index in [1.165, 1.54) is 14.7 Å². The van der Waals surface area contributed by atoms with E-state index in [1.54, 1.807) is 0 Å². The van der Waals surface area contributed by atoms with E-state index in [0.29, 0.717) is 0 Å². The van der Waals surface area contributed by atoms with Crippen LogP contribution in [0.15, 0.2) is 0 Å². The average molecular weight is 295 g/mol. The molecule has 0 spiro atoms. The van der Waals surface area contributed by atoms with E-state index in [-0.39, 0.29) is 0 Å². The van der Waals surface area contributed by atoms with Gasteiger partial charge in [0.25, 0.3) is 0 Å². The molecule has 0 amide bonds. The Morgan fingerprint density at radius 3 is 0.588 bits per heavy atom. The quantitative estimate of drug-likeness (QED) is 0.413. The van der Waals surface area contributed by atoms with Crippen molar-refractivity contribution in [1.82, 2.24) is 0 Å². The SMILES string of the molecule is C[NH+](C)C.C[NH+](C)C.C[NH+](C)C.[O]=[V]([O-])([O-])[O-]. The zero-order valence-electron chi connectivity index (χ0n) is 12.6. The Hall–Kier alpha value is 0.144. The van der Waals surface area contributed by atoms with E-state index in [4.69, 9.17) is 15.8 Å². The van der Waals surface area contributed by atoms with E-state index < -0.39 is 15.0 Å². The fourth-order valence-electron chi connectivity index (χ4n) is 0. The second-order valence-electron chi connectivity index (χ2n) is 4.95. The summed E-state index contributed by atoms with van der Waals surface area (Å²) in [5.41, 5.74) is 0. The maximum absolute atomic E-state index is 8.61. The van der Waals surface area contributed by atoms with Crippen molar-refractivity contribution in [2.75, 3.05) is 63.4 Å². The van der Waals surface area contributed by atoms with Gasteiger partial charge in [0.1, 0.15) is 0 Å². The van der Waals surface area contributed by atoms with Gasteiger partial charge in [0, 0.05) is 0 Å². The van der Waals surface area contributed by atoms with Crippen molar-refractivity contribution in [1.29, 1.82) is 0 Å². The van der Waals surface area contributed by atoms with Crippen LogP contribution in [0.2, 0.25) is 0 Å². The summed E-state index contributed by atoms with van der Waals surface area (Å²) in [6.07, 6.45) is 0. The fraction of sp³-hybridized carbons (Fsp3) is 1.00. The van der Waals surface area contributed by atoms with Gasteiger partial charge in [0.2, 0.25) is 0 Å². The first-order valence-electron chi connectivity index (χ1n) is 5.23. The molecule has 0 saturated carbocycles. The molecular formula is C9H30N3O4V. The molecule has 0 saturated heterocycles. The predicted molar refractivity (Wildman–Crippen MR) is 56.9 cm³/mol. The molecule has 0 aliphatic carbocycles. The number of nitrogens with one attached hydrogen (secondary N) is 3. The predicted octanol–water partition coefficient (Wildman–Crippen LogP) is -7.41. The molecule has 17 heavy (non-hydrogen) atoms. The Morgan fingerprint density at radius 1 is 0.588 bits per heavy atom. The molecule has 0 unspecified atom stereocenters. The van der Waals surface area contributed by atoms with E-state index in [9.17, 15) is 0 Å². The van der Waals surface area contributed by atoms with E-state index >= 15 is 0 Å². The van der Waals surface area contributed by atoms with Crippen LogP contribution in [0.1, 0.15) is 0 Å². The van der Waals surface area contributed by atoms with Gasteiger partial charge < -0.3 is 14.7 Å². The van der Waals surface area contributed by atoms with Crippen LogP contribution in [0.5, 0.6) is 0 Å². The van der Waals surface area contributed by atoms with Crippen LogP contribution in [0.25, 0.3) is 0 Å². The number of rotatable bonds is 0. The summed E-state index contributed by atoms with van der Waals surface area (Å²) in [5, 5.41) is 0. The van der Waals surface area contributed by atoms with Gasteiger partial charge in [0.15, 0.2) is 0 Å². The summed E-state index contributed by atoms with van der Waals surface area (Å²) in [5.74, 6) is 0. The van der Waals surface area contributed by atoms with Crippen molar-refractivity contribution in [3.63, 3.8) is 0 Å². The van der Waals surface area contributed by atoms with E-state index in [0.717, 1.165) is 0 Å². The molecule has 0 aromatic carbocycles. The fourth-order valence-corrected chi connectivity index (χ4v) is 0. The third-order valence-corrected chi connectivity index (χ3v) is 0. The molecule has 110 valence electrons. The molecule has 7 nitrogen and oxygen atoms in total. The molecular weight excluding hydrogens is 265 g/mol. The molecule has 0 rings (SSSR count). The summed E-state index contributed by atoms with van der Waals surface area (Å²) >= 11 is -5.88. The molecule has 0 heterocycles. The average Bonchev–Trinajstić information content (AvgIpc) is 1.73. The Kier molecular flexibility index (Phi) is 24.6. The topological polar surface area (TPSA) is 99.6 Å². The van der Waals surface area contributed by atoms with Crippen molar-refractivity contribution in [3.05, 3.63) is 0 Å². The minimum atomic E-state index is -5.88. The van der Waals surface area contributed by atoms with Crippen LogP contribution < -0.4 is 26.8 Å². The first-order valence-corrected chi connectivity index (χ1v) is 7.51. The monoisotopic (exact) mass is 295 g/mol. The summed E-state index contributed by atoms with van der Waals surface area (Å²) < 4.78 is 34.4. The third-order valence-electron chi connectivity index (χ3n) is 0. The second-order valence-corrected chi connectivity index (χ2v) is 6.34. The first kappa shape index (κ1) is 25.9. The van der Waals surface area contributed by atoms with Gasteiger partial charge in [-0.25, -0.2) is 0 Å². The normalized spacial score (nSPS) is 9.82. The van der Waals surface area contributed by atoms with E-state index in [1.807, 2.05) is 0 Å². The first-order chi connectivity index (χ1) is 7.20. The molecule has 0 atom stereocenters. The van der Waals surface area contributed by atoms with Gasteiger partial charge in [0.05, 0.1) is 63.4 Å². The second kappa shape index (κ2) is 16.1. The van der Waals surface area contributed by atoms with Crippen molar-refractivity contribution in [3.8, 4) is 0 Å². The molecule has 0 aliphatic heterocycles. The number of hydrogen-bond acceptors (Lipinski definition) is 4. The van der Waals surface area contributed by atoms with Gasteiger partial charge in [-0.3, -0.25) is 0 Å². The Bertz CT molecular complexity index is 141.